The van der Waals surface area contributed by atoms with Crippen LogP contribution in [0.4, 0.5) is 8.78 Å². The summed E-state index contributed by atoms with van der Waals surface area (Å²) in [6, 6.07) is 3.34. The van der Waals surface area contributed by atoms with E-state index in [1.165, 1.54) is 12.3 Å². The van der Waals surface area contributed by atoms with Gasteiger partial charge in [-0.3, -0.25) is 4.79 Å². The number of nitrogens with one attached hydrogen (secondary N) is 1. The van der Waals surface area contributed by atoms with Gasteiger partial charge < -0.3 is 9.73 Å². The fraction of sp³-hybridized carbons (Fsp3) is 0.412. The lowest BCUT2D eigenvalue weighted by Gasteiger charge is -2.16. The van der Waals surface area contributed by atoms with Gasteiger partial charge in [-0.1, -0.05) is 13.8 Å². The van der Waals surface area contributed by atoms with E-state index in [2.05, 4.69) is 10.3 Å². The number of amides is 1. The molecule has 124 valence electrons. The number of halogens is 2. The number of benzene rings is 1. The molecule has 6 heteroatoms. The lowest BCUT2D eigenvalue weighted by atomic mass is 10.1. The molecule has 0 saturated carbocycles. The fourth-order valence-electron chi connectivity index (χ4n) is 1.95. The van der Waals surface area contributed by atoms with Crippen LogP contribution >= 0.6 is 0 Å². The standard InChI is InChI=1S/C17H20F2N2O2/c1-10(2)11(3)21-16(22)6-7-17-20-9-15(23-17)13-5-4-12(18)8-14(13)19/h4-5,8-11H,6-7H2,1-3H3,(H,21,22). The average Bonchev–Trinajstić information content (AvgIpc) is 2.93. The Kier molecular flexibility index (Phi) is 5.47. The van der Waals surface area contributed by atoms with Crippen LogP contribution in [0, 0.1) is 17.6 Å². The van der Waals surface area contributed by atoms with Gasteiger partial charge in [-0.05, 0) is 25.0 Å². The third-order valence-corrected chi connectivity index (χ3v) is 3.70. The molecule has 2 rings (SSSR count). The first kappa shape index (κ1) is 17.1. The Bertz CT molecular complexity index is 683. The highest BCUT2D eigenvalue weighted by Gasteiger charge is 2.14. The van der Waals surface area contributed by atoms with E-state index in [1.807, 2.05) is 20.8 Å². The lowest BCUT2D eigenvalue weighted by molar-refractivity contribution is -0.122. The number of aryl methyl sites for hydroxylation is 1. The van der Waals surface area contributed by atoms with Crippen molar-refractivity contribution in [2.24, 2.45) is 5.92 Å². The van der Waals surface area contributed by atoms with Crippen LogP contribution in [0.3, 0.4) is 0 Å². The van der Waals surface area contributed by atoms with Crippen molar-refractivity contribution in [2.75, 3.05) is 0 Å². The molecule has 2 aromatic rings. The summed E-state index contributed by atoms with van der Waals surface area (Å²) in [7, 11) is 0. The zero-order valence-corrected chi connectivity index (χ0v) is 13.4. The second kappa shape index (κ2) is 7.35. The van der Waals surface area contributed by atoms with E-state index in [4.69, 9.17) is 4.42 Å². The second-order valence-electron chi connectivity index (χ2n) is 5.84. The van der Waals surface area contributed by atoms with Gasteiger partial charge in [0, 0.05) is 24.9 Å². The van der Waals surface area contributed by atoms with Crippen molar-refractivity contribution in [1.29, 1.82) is 0 Å². The highest BCUT2D eigenvalue weighted by molar-refractivity contribution is 5.76. The maximum atomic E-state index is 13.7. The molecule has 0 aliphatic rings. The van der Waals surface area contributed by atoms with E-state index >= 15 is 0 Å². The Morgan fingerprint density at radius 2 is 2.04 bits per heavy atom. The summed E-state index contributed by atoms with van der Waals surface area (Å²) in [5.74, 6) is -0.532. The largest absolute Gasteiger partial charge is 0.441 e. The molecule has 1 heterocycles. The summed E-state index contributed by atoms with van der Waals surface area (Å²) < 4.78 is 32.0. The Morgan fingerprint density at radius 3 is 2.70 bits per heavy atom. The van der Waals surface area contributed by atoms with Crippen molar-refractivity contribution < 1.29 is 18.0 Å². The number of carbonyl (C=O) groups is 1. The van der Waals surface area contributed by atoms with Crippen LogP contribution in [0.2, 0.25) is 0 Å². The molecule has 0 fully saturated rings. The molecule has 0 spiro atoms. The predicted molar refractivity (Wildman–Crippen MR) is 82.6 cm³/mol. The number of nitrogens with zero attached hydrogens (tertiary/aromatic N) is 1. The molecule has 1 aromatic carbocycles. The van der Waals surface area contributed by atoms with E-state index in [1.54, 1.807) is 0 Å². The molecular weight excluding hydrogens is 302 g/mol. The Hall–Kier alpha value is -2.24. The first-order chi connectivity index (χ1) is 10.9. The van der Waals surface area contributed by atoms with E-state index in [0.717, 1.165) is 12.1 Å². The molecule has 23 heavy (non-hydrogen) atoms. The van der Waals surface area contributed by atoms with Crippen molar-refractivity contribution >= 4 is 5.91 Å². The summed E-state index contributed by atoms with van der Waals surface area (Å²) >= 11 is 0. The Morgan fingerprint density at radius 1 is 1.30 bits per heavy atom. The number of hydrogen-bond donors (Lipinski definition) is 1. The molecule has 0 bridgehead atoms. The molecular formula is C17H20F2N2O2. The molecule has 0 aliphatic carbocycles. The van der Waals surface area contributed by atoms with Gasteiger partial charge in [0.15, 0.2) is 11.7 Å². The van der Waals surface area contributed by atoms with Gasteiger partial charge in [0.05, 0.1) is 11.8 Å². The molecule has 1 atom stereocenters. The quantitative estimate of drug-likeness (QED) is 0.882. The first-order valence-corrected chi connectivity index (χ1v) is 7.56. The van der Waals surface area contributed by atoms with E-state index in [9.17, 15) is 13.6 Å². The normalized spacial score (nSPS) is 12.4. The van der Waals surface area contributed by atoms with Crippen LogP contribution in [0.5, 0.6) is 0 Å². The highest BCUT2D eigenvalue weighted by atomic mass is 19.1. The zero-order valence-electron chi connectivity index (χ0n) is 13.4. The topological polar surface area (TPSA) is 55.1 Å². The van der Waals surface area contributed by atoms with Gasteiger partial charge in [0.2, 0.25) is 5.91 Å². The lowest BCUT2D eigenvalue weighted by Crippen LogP contribution is -2.36. The summed E-state index contributed by atoms with van der Waals surface area (Å²) in [5.41, 5.74) is 0.142. The van der Waals surface area contributed by atoms with Crippen molar-refractivity contribution in [1.82, 2.24) is 10.3 Å². The number of carbonyl (C=O) groups excluding carboxylic acids is 1. The smallest absolute Gasteiger partial charge is 0.220 e. The van der Waals surface area contributed by atoms with Crippen LogP contribution in [-0.2, 0) is 11.2 Å². The van der Waals surface area contributed by atoms with E-state index in [0.29, 0.717) is 18.2 Å². The predicted octanol–water partition coefficient (Wildman–Crippen LogP) is 3.71. The van der Waals surface area contributed by atoms with Gasteiger partial charge >= 0.3 is 0 Å². The van der Waals surface area contributed by atoms with Gasteiger partial charge in [0.1, 0.15) is 11.6 Å². The third-order valence-electron chi connectivity index (χ3n) is 3.70. The molecule has 1 aromatic heterocycles. The van der Waals surface area contributed by atoms with Gasteiger partial charge in [0.25, 0.3) is 0 Å². The molecule has 1 unspecified atom stereocenters. The maximum Gasteiger partial charge on any atom is 0.220 e. The first-order valence-electron chi connectivity index (χ1n) is 7.56. The van der Waals surface area contributed by atoms with Crippen LogP contribution in [-0.4, -0.2) is 16.9 Å². The second-order valence-corrected chi connectivity index (χ2v) is 5.84. The van der Waals surface area contributed by atoms with E-state index in [-0.39, 0.29) is 29.7 Å². The number of rotatable bonds is 6. The minimum absolute atomic E-state index is 0.0843. The van der Waals surface area contributed by atoms with Gasteiger partial charge in [-0.15, -0.1) is 0 Å². The molecule has 0 aliphatic heterocycles. The fourth-order valence-corrected chi connectivity index (χ4v) is 1.95. The zero-order chi connectivity index (χ0) is 17.0. The van der Waals surface area contributed by atoms with Crippen molar-refractivity contribution in [3.05, 3.63) is 41.9 Å². The molecule has 4 nitrogen and oxygen atoms in total. The minimum Gasteiger partial charge on any atom is -0.441 e. The average molecular weight is 322 g/mol. The number of oxazole rings is 1. The molecule has 0 saturated heterocycles. The SMILES string of the molecule is CC(C)C(C)NC(=O)CCc1ncc(-c2ccc(F)cc2F)o1. The van der Waals surface area contributed by atoms with Crippen LogP contribution in [0.1, 0.15) is 33.1 Å². The van der Waals surface area contributed by atoms with E-state index < -0.39 is 11.6 Å². The van der Waals surface area contributed by atoms with Crippen LogP contribution < -0.4 is 5.32 Å². The number of aromatic nitrogens is 1. The molecule has 1 amide bonds. The molecule has 1 N–H and O–H groups in total. The Labute approximate surface area is 133 Å². The minimum atomic E-state index is -0.712. The monoisotopic (exact) mass is 322 g/mol. The third kappa shape index (κ3) is 4.61. The summed E-state index contributed by atoms with van der Waals surface area (Å²) in [6.07, 6.45) is 1.93. The van der Waals surface area contributed by atoms with Gasteiger partial charge in [-0.2, -0.15) is 0 Å². The summed E-state index contributed by atoms with van der Waals surface area (Å²) in [5, 5.41) is 2.89. The van der Waals surface area contributed by atoms with Gasteiger partial charge in [-0.25, -0.2) is 13.8 Å². The van der Waals surface area contributed by atoms with Crippen molar-refractivity contribution in [3.8, 4) is 11.3 Å². The summed E-state index contributed by atoms with van der Waals surface area (Å²) in [4.78, 5) is 15.9. The summed E-state index contributed by atoms with van der Waals surface area (Å²) in [6.45, 7) is 6.01. The van der Waals surface area contributed by atoms with Crippen LogP contribution in [0.25, 0.3) is 11.3 Å². The highest BCUT2D eigenvalue weighted by Crippen LogP contribution is 2.24. The number of hydrogen-bond acceptors (Lipinski definition) is 3. The van der Waals surface area contributed by atoms with Crippen molar-refractivity contribution in [3.63, 3.8) is 0 Å². The molecule has 0 radical (unpaired) electrons. The Balaban J connectivity index is 1.96. The maximum absolute atomic E-state index is 13.7. The van der Waals surface area contributed by atoms with Crippen molar-refractivity contribution in [2.45, 2.75) is 39.7 Å². The van der Waals surface area contributed by atoms with Crippen LogP contribution in [0.15, 0.2) is 28.8 Å².